The molecule has 1 aromatic carbocycles. The van der Waals surface area contributed by atoms with Gasteiger partial charge in [0.2, 0.25) is 0 Å². The number of halogens is 2. The van der Waals surface area contributed by atoms with E-state index in [0.29, 0.717) is 5.92 Å². The molecule has 0 N–H and O–H groups in total. The first-order valence-corrected chi connectivity index (χ1v) is 7.58. The minimum absolute atomic E-state index is 0.271. The first-order chi connectivity index (χ1) is 7.43. The highest BCUT2D eigenvalue weighted by atomic mass is 127. The zero-order valence-electron chi connectivity index (χ0n) is 9.97. The van der Waals surface area contributed by atoms with E-state index in [1.807, 2.05) is 12.1 Å². The normalized spacial score (nSPS) is 13.6. The van der Waals surface area contributed by atoms with Crippen LogP contribution in [-0.4, -0.2) is 11.9 Å². The van der Waals surface area contributed by atoms with Gasteiger partial charge in [-0.05, 0) is 52.3 Å². The SMILES string of the molecule is CC(C)(C)C(CBr)COc1ccc(I)cc1. The molecule has 0 aliphatic rings. The van der Waals surface area contributed by atoms with Crippen molar-refractivity contribution >= 4 is 38.5 Å². The molecule has 1 atom stereocenters. The van der Waals surface area contributed by atoms with E-state index in [9.17, 15) is 0 Å². The Morgan fingerprint density at radius 3 is 2.25 bits per heavy atom. The second-order valence-electron chi connectivity index (χ2n) is 4.98. The van der Waals surface area contributed by atoms with E-state index in [-0.39, 0.29) is 5.41 Å². The fourth-order valence-corrected chi connectivity index (χ4v) is 2.77. The highest BCUT2D eigenvalue weighted by molar-refractivity contribution is 14.1. The minimum Gasteiger partial charge on any atom is -0.493 e. The van der Waals surface area contributed by atoms with Gasteiger partial charge in [-0.2, -0.15) is 0 Å². The summed E-state index contributed by atoms with van der Waals surface area (Å²) in [6, 6.07) is 8.18. The molecular weight excluding hydrogens is 379 g/mol. The van der Waals surface area contributed by atoms with Crippen LogP contribution in [0.5, 0.6) is 5.75 Å². The minimum atomic E-state index is 0.271. The molecule has 1 aromatic rings. The second kappa shape index (κ2) is 6.24. The molecule has 0 fully saturated rings. The van der Waals surface area contributed by atoms with Crippen LogP contribution < -0.4 is 4.74 Å². The van der Waals surface area contributed by atoms with Crippen molar-refractivity contribution in [2.45, 2.75) is 20.8 Å². The van der Waals surface area contributed by atoms with Gasteiger partial charge in [0.05, 0.1) is 6.61 Å². The zero-order valence-corrected chi connectivity index (χ0v) is 13.7. The van der Waals surface area contributed by atoms with Gasteiger partial charge in [-0.1, -0.05) is 36.7 Å². The summed E-state index contributed by atoms with van der Waals surface area (Å²) in [5.74, 6) is 1.47. The third-order valence-corrected chi connectivity index (χ3v) is 4.18. The standard InChI is InChI=1S/C13H18BrIO/c1-13(2,3)10(8-14)9-16-12-6-4-11(15)5-7-12/h4-7,10H,8-9H2,1-3H3. The van der Waals surface area contributed by atoms with E-state index in [1.54, 1.807) is 0 Å². The van der Waals surface area contributed by atoms with Gasteiger partial charge in [0.25, 0.3) is 0 Å². The van der Waals surface area contributed by atoms with Crippen molar-refractivity contribution in [3.05, 3.63) is 27.8 Å². The van der Waals surface area contributed by atoms with Crippen molar-refractivity contribution in [1.29, 1.82) is 0 Å². The average molecular weight is 397 g/mol. The summed E-state index contributed by atoms with van der Waals surface area (Å²) in [6.45, 7) is 7.50. The molecule has 1 rings (SSSR count). The topological polar surface area (TPSA) is 9.23 Å². The van der Waals surface area contributed by atoms with E-state index in [4.69, 9.17) is 4.74 Å². The Balaban J connectivity index is 2.53. The maximum atomic E-state index is 5.81. The van der Waals surface area contributed by atoms with Crippen LogP contribution in [-0.2, 0) is 0 Å². The monoisotopic (exact) mass is 396 g/mol. The molecule has 0 saturated carbocycles. The molecule has 0 bridgehead atoms. The molecule has 0 aliphatic carbocycles. The van der Waals surface area contributed by atoms with Crippen LogP contribution in [0.3, 0.4) is 0 Å². The summed E-state index contributed by atoms with van der Waals surface area (Å²) < 4.78 is 7.04. The summed E-state index contributed by atoms with van der Waals surface area (Å²) >= 11 is 5.85. The van der Waals surface area contributed by atoms with Crippen molar-refractivity contribution in [3.8, 4) is 5.75 Å². The molecule has 1 nitrogen and oxygen atoms in total. The lowest BCUT2D eigenvalue weighted by atomic mass is 9.83. The lowest BCUT2D eigenvalue weighted by Gasteiger charge is -2.28. The van der Waals surface area contributed by atoms with Gasteiger partial charge in [-0.15, -0.1) is 0 Å². The lowest BCUT2D eigenvalue weighted by molar-refractivity contribution is 0.166. The molecule has 1 unspecified atom stereocenters. The van der Waals surface area contributed by atoms with Crippen LogP contribution in [0.4, 0.5) is 0 Å². The molecule has 0 spiro atoms. The van der Waals surface area contributed by atoms with Crippen LogP contribution in [0.15, 0.2) is 24.3 Å². The first kappa shape index (κ1) is 14.3. The Morgan fingerprint density at radius 1 is 1.25 bits per heavy atom. The Morgan fingerprint density at radius 2 is 1.81 bits per heavy atom. The molecule has 0 aromatic heterocycles. The molecule has 3 heteroatoms. The van der Waals surface area contributed by atoms with Crippen LogP contribution in [0, 0.1) is 14.9 Å². The number of benzene rings is 1. The molecule has 0 aliphatic heterocycles. The number of hydrogen-bond donors (Lipinski definition) is 0. The first-order valence-electron chi connectivity index (χ1n) is 5.38. The quantitative estimate of drug-likeness (QED) is 0.528. The average Bonchev–Trinajstić information content (AvgIpc) is 2.19. The predicted octanol–water partition coefficient (Wildman–Crippen LogP) is 4.73. The predicted molar refractivity (Wildman–Crippen MR) is 81.4 cm³/mol. The third kappa shape index (κ3) is 4.62. The van der Waals surface area contributed by atoms with Crippen LogP contribution >= 0.6 is 38.5 Å². The number of ether oxygens (including phenoxy) is 1. The van der Waals surface area contributed by atoms with E-state index in [1.165, 1.54) is 3.57 Å². The summed E-state index contributed by atoms with van der Waals surface area (Å²) in [6.07, 6.45) is 0. The van der Waals surface area contributed by atoms with Crippen molar-refractivity contribution in [3.63, 3.8) is 0 Å². The van der Waals surface area contributed by atoms with E-state index < -0.39 is 0 Å². The number of hydrogen-bond acceptors (Lipinski definition) is 1. The summed E-state index contributed by atoms with van der Waals surface area (Å²) in [4.78, 5) is 0. The Labute approximate surface area is 120 Å². The van der Waals surface area contributed by atoms with Crippen molar-refractivity contribution < 1.29 is 4.74 Å². The smallest absolute Gasteiger partial charge is 0.119 e. The van der Waals surface area contributed by atoms with Crippen LogP contribution in [0.1, 0.15) is 20.8 Å². The van der Waals surface area contributed by atoms with Gasteiger partial charge < -0.3 is 4.74 Å². The molecule has 0 radical (unpaired) electrons. The molecule has 16 heavy (non-hydrogen) atoms. The van der Waals surface area contributed by atoms with Crippen LogP contribution in [0.2, 0.25) is 0 Å². The van der Waals surface area contributed by atoms with Crippen LogP contribution in [0.25, 0.3) is 0 Å². The van der Waals surface area contributed by atoms with Crippen molar-refractivity contribution in [2.24, 2.45) is 11.3 Å². The molecule has 0 heterocycles. The Kier molecular flexibility index (Phi) is 5.57. The van der Waals surface area contributed by atoms with Gasteiger partial charge in [0, 0.05) is 14.8 Å². The number of alkyl halides is 1. The summed E-state index contributed by atoms with van der Waals surface area (Å²) in [7, 11) is 0. The van der Waals surface area contributed by atoms with Crippen molar-refractivity contribution in [1.82, 2.24) is 0 Å². The zero-order chi connectivity index (χ0) is 12.2. The van der Waals surface area contributed by atoms with Gasteiger partial charge in [-0.3, -0.25) is 0 Å². The largest absolute Gasteiger partial charge is 0.493 e. The highest BCUT2D eigenvalue weighted by Gasteiger charge is 2.24. The van der Waals surface area contributed by atoms with Gasteiger partial charge in [0.1, 0.15) is 5.75 Å². The molecule has 0 saturated heterocycles. The Bertz CT molecular complexity index is 316. The van der Waals surface area contributed by atoms with Gasteiger partial charge in [-0.25, -0.2) is 0 Å². The molecule has 0 amide bonds. The second-order valence-corrected chi connectivity index (χ2v) is 6.88. The van der Waals surface area contributed by atoms with E-state index in [2.05, 4.69) is 71.4 Å². The van der Waals surface area contributed by atoms with E-state index >= 15 is 0 Å². The lowest BCUT2D eigenvalue weighted by Crippen LogP contribution is -2.27. The van der Waals surface area contributed by atoms with Gasteiger partial charge in [0.15, 0.2) is 0 Å². The fourth-order valence-electron chi connectivity index (χ4n) is 1.25. The summed E-state index contributed by atoms with van der Waals surface area (Å²) in [5, 5.41) is 0.973. The van der Waals surface area contributed by atoms with Crippen molar-refractivity contribution in [2.75, 3.05) is 11.9 Å². The third-order valence-electron chi connectivity index (χ3n) is 2.68. The highest BCUT2D eigenvalue weighted by Crippen LogP contribution is 2.28. The Hall–Kier alpha value is 0.230. The number of rotatable bonds is 4. The molecular formula is C13H18BrIO. The molecule has 90 valence electrons. The summed E-state index contributed by atoms with van der Waals surface area (Å²) in [5.41, 5.74) is 0.271. The fraction of sp³-hybridized carbons (Fsp3) is 0.538. The van der Waals surface area contributed by atoms with Gasteiger partial charge >= 0.3 is 0 Å². The van der Waals surface area contributed by atoms with E-state index in [0.717, 1.165) is 17.7 Å². The maximum Gasteiger partial charge on any atom is 0.119 e. The maximum absolute atomic E-state index is 5.81.